The summed E-state index contributed by atoms with van der Waals surface area (Å²) in [7, 11) is 0. The molecule has 0 aromatic heterocycles. The molecule has 0 saturated carbocycles. The predicted octanol–water partition coefficient (Wildman–Crippen LogP) is 10.9. The van der Waals surface area contributed by atoms with Gasteiger partial charge in [-0.05, 0) is 102 Å². The maximum absolute atomic E-state index is 6.68. The Labute approximate surface area is 225 Å². The highest BCUT2D eigenvalue weighted by atomic mass is 16.5. The summed E-state index contributed by atoms with van der Waals surface area (Å²) >= 11 is 0. The third-order valence-electron chi connectivity index (χ3n) is 8.38. The zero-order valence-electron chi connectivity index (χ0n) is 21.1. The molecule has 0 atom stereocenters. The normalized spacial score (nSPS) is 12.3. The molecular formula is C38H22O. The van der Waals surface area contributed by atoms with Crippen molar-refractivity contribution in [3.63, 3.8) is 0 Å². The Kier molecular flexibility index (Phi) is 4.11. The highest BCUT2D eigenvalue weighted by molar-refractivity contribution is 6.18. The van der Waals surface area contributed by atoms with Crippen LogP contribution in [0.2, 0.25) is 0 Å². The summed E-state index contributed by atoms with van der Waals surface area (Å²) in [5.74, 6) is 1.84. The molecule has 1 aliphatic heterocycles. The van der Waals surface area contributed by atoms with Gasteiger partial charge in [-0.25, -0.2) is 0 Å². The number of rotatable bonds is 1. The van der Waals surface area contributed by atoms with Gasteiger partial charge in [0.05, 0.1) is 0 Å². The Morgan fingerprint density at radius 2 is 1.05 bits per heavy atom. The van der Waals surface area contributed by atoms with Crippen molar-refractivity contribution in [3.05, 3.63) is 133 Å². The molecule has 1 aliphatic rings. The number of hydrogen-bond acceptors (Lipinski definition) is 1. The number of fused-ring (bicyclic) bond motifs is 8. The van der Waals surface area contributed by atoms with Crippen LogP contribution in [0.3, 0.4) is 0 Å². The largest absolute Gasteiger partial charge is 0.456 e. The minimum absolute atomic E-state index is 0.908. The van der Waals surface area contributed by atoms with Crippen LogP contribution in [0.5, 0.6) is 11.5 Å². The number of benzene rings is 8. The van der Waals surface area contributed by atoms with Crippen LogP contribution in [0.25, 0.3) is 76.1 Å². The second-order valence-electron chi connectivity index (χ2n) is 10.5. The van der Waals surface area contributed by atoms with Gasteiger partial charge in [0.2, 0.25) is 0 Å². The lowest BCUT2D eigenvalue weighted by Crippen LogP contribution is -1.98. The van der Waals surface area contributed by atoms with Crippen LogP contribution >= 0.6 is 0 Å². The van der Waals surface area contributed by atoms with Crippen molar-refractivity contribution in [1.82, 2.24) is 0 Å². The lowest BCUT2D eigenvalue weighted by Gasteiger charge is -2.23. The van der Waals surface area contributed by atoms with E-state index in [9.17, 15) is 0 Å². The van der Waals surface area contributed by atoms with Crippen LogP contribution in [0.15, 0.2) is 133 Å². The molecule has 1 heterocycles. The van der Waals surface area contributed by atoms with Gasteiger partial charge in [-0.3, -0.25) is 0 Å². The van der Waals surface area contributed by atoms with Gasteiger partial charge in [0.1, 0.15) is 11.5 Å². The second kappa shape index (κ2) is 7.69. The first-order valence-corrected chi connectivity index (χ1v) is 13.4. The fraction of sp³-hybridized carbons (Fsp3) is 0. The van der Waals surface area contributed by atoms with Gasteiger partial charge < -0.3 is 4.74 Å². The monoisotopic (exact) mass is 494 g/mol. The smallest absolute Gasteiger partial charge is 0.136 e. The summed E-state index contributed by atoms with van der Waals surface area (Å²) < 4.78 is 6.68. The lowest BCUT2D eigenvalue weighted by atomic mass is 9.89. The fourth-order valence-corrected chi connectivity index (χ4v) is 6.58. The Bertz CT molecular complexity index is 2310. The minimum Gasteiger partial charge on any atom is -0.456 e. The van der Waals surface area contributed by atoms with Crippen molar-refractivity contribution < 1.29 is 4.74 Å². The minimum atomic E-state index is 0.908. The van der Waals surface area contributed by atoms with Crippen molar-refractivity contribution in [1.29, 1.82) is 0 Å². The molecule has 1 nitrogen and oxygen atoms in total. The Hall–Kier alpha value is -5.14. The van der Waals surface area contributed by atoms with Crippen LogP contribution in [0.1, 0.15) is 0 Å². The van der Waals surface area contributed by atoms with E-state index in [0.717, 1.165) is 22.6 Å². The SMILES string of the molecule is c1ccc2cc3c(cc(-c4ccc5c(c4)Oc4cc6ccccc6c6cccc-5c46)c4ccccc43)cc2c1. The summed E-state index contributed by atoms with van der Waals surface area (Å²) in [4.78, 5) is 0. The molecule has 0 fully saturated rings. The second-order valence-corrected chi connectivity index (χ2v) is 10.5. The van der Waals surface area contributed by atoms with E-state index in [1.54, 1.807) is 0 Å². The first kappa shape index (κ1) is 20.9. The summed E-state index contributed by atoms with van der Waals surface area (Å²) in [6, 6.07) is 48.4. The van der Waals surface area contributed by atoms with E-state index in [1.165, 1.54) is 65.0 Å². The van der Waals surface area contributed by atoms with Gasteiger partial charge >= 0.3 is 0 Å². The van der Waals surface area contributed by atoms with Gasteiger partial charge in [0, 0.05) is 10.9 Å². The highest BCUT2D eigenvalue weighted by Gasteiger charge is 2.22. The quantitative estimate of drug-likeness (QED) is 0.163. The molecule has 0 bridgehead atoms. The summed E-state index contributed by atoms with van der Waals surface area (Å²) in [5.41, 5.74) is 4.76. The molecule has 0 aliphatic carbocycles. The van der Waals surface area contributed by atoms with E-state index in [4.69, 9.17) is 4.74 Å². The first-order valence-electron chi connectivity index (χ1n) is 13.4. The van der Waals surface area contributed by atoms with E-state index in [-0.39, 0.29) is 0 Å². The van der Waals surface area contributed by atoms with E-state index in [0.29, 0.717) is 0 Å². The summed E-state index contributed by atoms with van der Waals surface area (Å²) in [6.07, 6.45) is 0. The van der Waals surface area contributed by atoms with E-state index in [2.05, 4.69) is 133 Å². The molecule has 0 unspecified atom stereocenters. The molecule has 0 N–H and O–H groups in total. The molecule has 180 valence electrons. The molecule has 1 heteroatoms. The molecule has 9 rings (SSSR count). The summed E-state index contributed by atoms with van der Waals surface area (Å²) in [5, 5.41) is 12.5. The standard InChI is InChI=1S/C38H22O/c1-2-9-24-19-35-27(18-23(24)8-1)20-34(29-12-5-6-13-30(29)35)26-16-17-31-33-15-7-14-32-28-11-4-3-10-25(28)22-37(38(32)33)39-36(31)21-26/h1-22H. The zero-order chi connectivity index (χ0) is 25.5. The maximum atomic E-state index is 6.68. The molecule has 0 saturated heterocycles. The van der Waals surface area contributed by atoms with E-state index < -0.39 is 0 Å². The van der Waals surface area contributed by atoms with Gasteiger partial charge in [0.25, 0.3) is 0 Å². The molecule has 0 radical (unpaired) electrons. The third kappa shape index (κ3) is 2.96. The van der Waals surface area contributed by atoms with Crippen LogP contribution in [0, 0.1) is 0 Å². The Morgan fingerprint density at radius 3 is 1.92 bits per heavy atom. The zero-order valence-corrected chi connectivity index (χ0v) is 21.1. The molecule has 8 aromatic rings. The molecule has 0 spiro atoms. The van der Waals surface area contributed by atoms with E-state index in [1.807, 2.05) is 0 Å². The van der Waals surface area contributed by atoms with Crippen LogP contribution in [-0.4, -0.2) is 0 Å². The van der Waals surface area contributed by atoms with Gasteiger partial charge in [-0.15, -0.1) is 0 Å². The number of ether oxygens (including phenoxy) is 1. The maximum Gasteiger partial charge on any atom is 0.136 e. The predicted molar refractivity (Wildman–Crippen MR) is 165 cm³/mol. The van der Waals surface area contributed by atoms with Crippen molar-refractivity contribution in [3.8, 4) is 33.8 Å². The number of hydrogen-bond donors (Lipinski definition) is 0. The summed E-state index contributed by atoms with van der Waals surface area (Å²) in [6.45, 7) is 0. The van der Waals surface area contributed by atoms with Gasteiger partial charge in [0.15, 0.2) is 0 Å². The van der Waals surface area contributed by atoms with Gasteiger partial charge in [-0.1, -0.05) is 97.1 Å². The first-order chi connectivity index (χ1) is 19.3. The van der Waals surface area contributed by atoms with E-state index >= 15 is 0 Å². The lowest BCUT2D eigenvalue weighted by molar-refractivity contribution is 0.488. The molecular weight excluding hydrogens is 472 g/mol. The van der Waals surface area contributed by atoms with Gasteiger partial charge in [-0.2, -0.15) is 0 Å². The van der Waals surface area contributed by atoms with Crippen molar-refractivity contribution in [2.75, 3.05) is 0 Å². The average Bonchev–Trinajstić information content (AvgIpc) is 2.99. The highest BCUT2D eigenvalue weighted by Crippen LogP contribution is 2.50. The molecule has 39 heavy (non-hydrogen) atoms. The van der Waals surface area contributed by atoms with Crippen molar-refractivity contribution in [2.24, 2.45) is 0 Å². The van der Waals surface area contributed by atoms with Crippen LogP contribution in [0.4, 0.5) is 0 Å². The topological polar surface area (TPSA) is 9.23 Å². The molecule has 0 amide bonds. The van der Waals surface area contributed by atoms with Crippen LogP contribution in [-0.2, 0) is 0 Å². The Balaban J connectivity index is 1.30. The van der Waals surface area contributed by atoms with Crippen molar-refractivity contribution >= 4 is 53.9 Å². The Morgan fingerprint density at radius 1 is 0.333 bits per heavy atom. The van der Waals surface area contributed by atoms with Crippen LogP contribution < -0.4 is 4.74 Å². The molecule has 8 aromatic carbocycles. The van der Waals surface area contributed by atoms with Crippen molar-refractivity contribution in [2.45, 2.75) is 0 Å². The average molecular weight is 495 g/mol. The fourth-order valence-electron chi connectivity index (χ4n) is 6.58. The third-order valence-corrected chi connectivity index (χ3v) is 8.38.